The van der Waals surface area contributed by atoms with E-state index in [1.807, 2.05) is 12.1 Å². The highest BCUT2D eigenvalue weighted by Gasteiger charge is 2.30. The number of rotatable bonds is 3. The maximum Gasteiger partial charge on any atom is 0.0775 e. The van der Waals surface area contributed by atoms with Crippen LogP contribution in [-0.2, 0) is 6.42 Å². The first-order chi connectivity index (χ1) is 7.22. The maximum atomic E-state index is 9.99. The van der Waals surface area contributed by atoms with Crippen molar-refractivity contribution in [3.63, 3.8) is 0 Å². The molecular formula is C13H19NO. The quantitative estimate of drug-likeness (QED) is 0.791. The van der Waals surface area contributed by atoms with Crippen molar-refractivity contribution in [2.45, 2.75) is 44.9 Å². The minimum Gasteiger partial charge on any atom is -0.391 e. The predicted octanol–water partition coefficient (Wildman–Crippen LogP) is 2.03. The first-order valence-corrected chi connectivity index (χ1v) is 5.74. The SMILES string of the molecule is CCC(C)N[C@H]1c2ccccc2C[C@H]1O. The minimum absolute atomic E-state index is 0.121. The number of fused-ring (bicyclic) bond motifs is 1. The molecule has 0 saturated heterocycles. The zero-order valence-electron chi connectivity index (χ0n) is 9.40. The summed E-state index contributed by atoms with van der Waals surface area (Å²) in [7, 11) is 0. The fraction of sp³-hybridized carbons (Fsp3) is 0.538. The molecule has 0 bridgehead atoms. The average Bonchev–Trinajstić information content (AvgIpc) is 2.55. The Morgan fingerprint density at radius 1 is 1.47 bits per heavy atom. The van der Waals surface area contributed by atoms with Gasteiger partial charge in [-0.1, -0.05) is 31.2 Å². The molecule has 0 aromatic heterocycles. The molecule has 1 aliphatic carbocycles. The standard InChI is InChI=1S/C13H19NO/c1-3-9(2)14-13-11-7-5-4-6-10(11)8-12(13)15/h4-7,9,12-15H,3,8H2,1-2H3/t9?,12-,13+/m1/s1. The van der Waals surface area contributed by atoms with Gasteiger partial charge in [0.2, 0.25) is 0 Å². The highest BCUT2D eigenvalue weighted by molar-refractivity contribution is 5.36. The monoisotopic (exact) mass is 205 g/mol. The summed E-state index contributed by atoms with van der Waals surface area (Å²) in [6.07, 6.45) is 1.60. The summed E-state index contributed by atoms with van der Waals surface area (Å²) >= 11 is 0. The van der Waals surface area contributed by atoms with Gasteiger partial charge in [0.05, 0.1) is 12.1 Å². The molecule has 2 N–H and O–H groups in total. The summed E-state index contributed by atoms with van der Waals surface area (Å²) in [4.78, 5) is 0. The van der Waals surface area contributed by atoms with Crippen LogP contribution in [0, 0.1) is 0 Å². The largest absolute Gasteiger partial charge is 0.391 e. The number of benzene rings is 1. The van der Waals surface area contributed by atoms with Crippen molar-refractivity contribution in [1.82, 2.24) is 5.32 Å². The van der Waals surface area contributed by atoms with Crippen LogP contribution < -0.4 is 5.32 Å². The Kier molecular flexibility index (Phi) is 3.08. The van der Waals surface area contributed by atoms with Gasteiger partial charge in [-0.3, -0.25) is 0 Å². The van der Waals surface area contributed by atoms with Crippen molar-refractivity contribution in [2.75, 3.05) is 0 Å². The predicted molar refractivity (Wildman–Crippen MR) is 61.8 cm³/mol. The van der Waals surface area contributed by atoms with Crippen molar-refractivity contribution < 1.29 is 5.11 Å². The Labute approximate surface area is 91.3 Å². The number of hydrogen-bond acceptors (Lipinski definition) is 2. The fourth-order valence-electron chi connectivity index (χ4n) is 2.20. The highest BCUT2D eigenvalue weighted by atomic mass is 16.3. The topological polar surface area (TPSA) is 32.3 Å². The molecule has 2 nitrogen and oxygen atoms in total. The Morgan fingerprint density at radius 3 is 2.93 bits per heavy atom. The minimum atomic E-state index is -0.267. The lowest BCUT2D eigenvalue weighted by molar-refractivity contribution is 0.135. The molecule has 0 aliphatic heterocycles. The van der Waals surface area contributed by atoms with Crippen LogP contribution in [0.3, 0.4) is 0 Å². The van der Waals surface area contributed by atoms with E-state index in [0.717, 1.165) is 12.8 Å². The maximum absolute atomic E-state index is 9.99. The second kappa shape index (κ2) is 4.33. The Morgan fingerprint density at radius 2 is 2.20 bits per heavy atom. The van der Waals surface area contributed by atoms with E-state index >= 15 is 0 Å². The molecule has 0 radical (unpaired) electrons. The number of aliphatic hydroxyl groups is 1. The van der Waals surface area contributed by atoms with Crippen LogP contribution in [0.5, 0.6) is 0 Å². The van der Waals surface area contributed by atoms with Crippen molar-refractivity contribution >= 4 is 0 Å². The van der Waals surface area contributed by atoms with Crippen LogP contribution in [-0.4, -0.2) is 17.3 Å². The molecule has 0 saturated carbocycles. The van der Waals surface area contributed by atoms with Crippen molar-refractivity contribution in [3.8, 4) is 0 Å². The smallest absolute Gasteiger partial charge is 0.0775 e. The molecule has 2 rings (SSSR count). The molecule has 0 heterocycles. The van der Waals surface area contributed by atoms with Gasteiger partial charge in [-0.2, -0.15) is 0 Å². The van der Waals surface area contributed by atoms with Crippen LogP contribution in [0.25, 0.3) is 0 Å². The Bertz CT molecular complexity index is 337. The zero-order valence-corrected chi connectivity index (χ0v) is 9.40. The van der Waals surface area contributed by atoms with Crippen LogP contribution >= 0.6 is 0 Å². The van der Waals surface area contributed by atoms with Gasteiger partial charge in [-0.15, -0.1) is 0 Å². The zero-order chi connectivity index (χ0) is 10.8. The van der Waals surface area contributed by atoms with Gasteiger partial charge in [0.1, 0.15) is 0 Å². The van der Waals surface area contributed by atoms with Crippen LogP contribution in [0.15, 0.2) is 24.3 Å². The van der Waals surface area contributed by atoms with E-state index in [1.165, 1.54) is 11.1 Å². The molecule has 82 valence electrons. The molecule has 15 heavy (non-hydrogen) atoms. The lowest BCUT2D eigenvalue weighted by atomic mass is 10.1. The van der Waals surface area contributed by atoms with Crippen LogP contribution in [0.1, 0.15) is 37.4 Å². The van der Waals surface area contributed by atoms with Gasteiger partial charge in [-0.25, -0.2) is 0 Å². The lowest BCUT2D eigenvalue weighted by Crippen LogP contribution is -2.34. The molecule has 1 aromatic rings. The first kappa shape index (κ1) is 10.7. The van der Waals surface area contributed by atoms with E-state index in [4.69, 9.17) is 0 Å². The number of nitrogens with one attached hydrogen (secondary N) is 1. The fourth-order valence-corrected chi connectivity index (χ4v) is 2.20. The third-order valence-corrected chi connectivity index (χ3v) is 3.28. The second-order valence-corrected chi connectivity index (χ2v) is 4.42. The van der Waals surface area contributed by atoms with Crippen LogP contribution in [0.4, 0.5) is 0 Å². The van der Waals surface area contributed by atoms with E-state index in [1.54, 1.807) is 0 Å². The van der Waals surface area contributed by atoms with E-state index in [-0.39, 0.29) is 12.1 Å². The molecular weight excluding hydrogens is 186 g/mol. The van der Waals surface area contributed by atoms with E-state index in [2.05, 4.69) is 31.3 Å². The molecule has 1 unspecified atom stereocenters. The number of hydrogen-bond donors (Lipinski definition) is 2. The lowest BCUT2D eigenvalue weighted by Gasteiger charge is -2.22. The molecule has 3 atom stereocenters. The normalized spacial score (nSPS) is 26.3. The molecule has 1 aromatic carbocycles. The van der Waals surface area contributed by atoms with Gasteiger partial charge in [0.25, 0.3) is 0 Å². The third-order valence-electron chi connectivity index (χ3n) is 3.28. The molecule has 2 heteroatoms. The summed E-state index contributed by atoms with van der Waals surface area (Å²) in [5.41, 5.74) is 2.55. The van der Waals surface area contributed by atoms with Gasteiger partial charge in [0, 0.05) is 12.5 Å². The van der Waals surface area contributed by atoms with Gasteiger partial charge in [-0.05, 0) is 24.5 Å². The van der Waals surface area contributed by atoms with E-state index < -0.39 is 0 Å². The van der Waals surface area contributed by atoms with Crippen molar-refractivity contribution in [2.24, 2.45) is 0 Å². The summed E-state index contributed by atoms with van der Waals surface area (Å²) in [5.74, 6) is 0. The molecule has 0 spiro atoms. The van der Waals surface area contributed by atoms with Gasteiger partial charge < -0.3 is 10.4 Å². The molecule has 1 aliphatic rings. The second-order valence-electron chi connectivity index (χ2n) is 4.42. The Hall–Kier alpha value is -0.860. The molecule has 0 amide bonds. The van der Waals surface area contributed by atoms with Gasteiger partial charge >= 0.3 is 0 Å². The summed E-state index contributed by atoms with van der Waals surface area (Å²) in [5, 5.41) is 13.5. The van der Waals surface area contributed by atoms with E-state index in [0.29, 0.717) is 6.04 Å². The van der Waals surface area contributed by atoms with Crippen LogP contribution in [0.2, 0.25) is 0 Å². The average molecular weight is 205 g/mol. The molecule has 0 fully saturated rings. The van der Waals surface area contributed by atoms with Crippen molar-refractivity contribution in [3.05, 3.63) is 35.4 Å². The first-order valence-electron chi connectivity index (χ1n) is 5.74. The van der Waals surface area contributed by atoms with Crippen molar-refractivity contribution in [1.29, 1.82) is 0 Å². The van der Waals surface area contributed by atoms with E-state index in [9.17, 15) is 5.11 Å². The summed E-state index contributed by atoms with van der Waals surface area (Å²) in [6, 6.07) is 8.88. The summed E-state index contributed by atoms with van der Waals surface area (Å²) in [6.45, 7) is 4.32. The highest BCUT2D eigenvalue weighted by Crippen LogP contribution is 2.31. The third kappa shape index (κ3) is 2.06. The van der Waals surface area contributed by atoms with Gasteiger partial charge in [0.15, 0.2) is 0 Å². The Balaban J connectivity index is 2.18. The summed E-state index contributed by atoms with van der Waals surface area (Å²) < 4.78 is 0. The number of aliphatic hydroxyl groups excluding tert-OH is 1.